The van der Waals surface area contributed by atoms with E-state index in [1.807, 2.05) is 6.07 Å². The van der Waals surface area contributed by atoms with Crippen molar-refractivity contribution >= 4 is 41.5 Å². The van der Waals surface area contributed by atoms with E-state index in [4.69, 9.17) is 4.74 Å². The molecule has 0 saturated carbocycles. The van der Waals surface area contributed by atoms with Gasteiger partial charge < -0.3 is 24.8 Å². The Labute approximate surface area is 185 Å². The maximum absolute atomic E-state index is 12.0. The molecular weight excluding hydrogens is 469 g/mol. The van der Waals surface area contributed by atoms with Gasteiger partial charge in [-0.1, -0.05) is 18.2 Å². The number of halogens is 1. The fourth-order valence-corrected chi connectivity index (χ4v) is 3.35. The van der Waals surface area contributed by atoms with Gasteiger partial charge in [0.1, 0.15) is 6.54 Å². The quantitative estimate of drug-likeness (QED) is 0.377. The molecule has 1 amide bonds. The number of nitrogens with one attached hydrogen (secondary N) is 1. The van der Waals surface area contributed by atoms with Crippen molar-refractivity contribution in [1.29, 1.82) is 0 Å². The maximum Gasteiger partial charge on any atom is 0.243 e. The van der Waals surface area contributed by atoms with Crippen LogP contribution in [0.25, 0.3) is 0 Å². The van der Waals surface area contributed by atoms with Crippen LogP contribution in [0.1, 0.15) is 6.42 Å². The lowest BCUT2D eigenvalue weighted by Crippen LogP contribution is -2.53. The Morgan fingerprint density at radius 1 is 1.21 bits per heavy atom. The van der Waals surface area contributed by atoms with Crippen molar-refractivity contribution in [2.24, 2.45) is 10.9 Å². The fraction of sp³-hybridized carbons (Fsp3) is 0.600. The number of anilines is 1. The van der Waals surface area contributed by atoms with Crippen molar-refractivity contribution in [2.75, 3.05) is 71.5 Å². The number of likely N-dealkylation sites (N-methyl/N-ethyl adjacent to an activating group) is 1. The van der Waals surface area contributed by atoms with Gasteiger partial charge in [0, 0.05) is 65.0 Å². The molecule has 2 fully saturated rings. The molecule has 2 aliphatic heterocycles. The Kier molecular flexibility index (Phi) is 9.30. The summed E-state index contributed by atoms with van der Waals surface area (Å²) in [7, 11) is 3.53. The second-order valence-corrected chi connectivity index (χ2v) is 7.35. The monoisotopic (exact) mass is 501 g/mol. The minimum Gasteiger partial charge on any atom is -0.381 e. The van der Waals surface area contributed by atoms with Gasteiger partial charge >= 0.3 is 0 Å². The number of amides is 1. The highest BCUT2D eigenvalue weighted by atomic mass is 127. The molecule has 1 unspecified atom stereocenters. The Hall–Kier alpha value is -1.55. The van der Waals surface area contributed by atoms with Crippen molar-refractivity contribution in [1.82, 2.24) is 15.1 Å². The number of ether oxygens (including phenoxy) is 1. The first-order chi connectivity index (χ1) is 13.1. The lowest BCUT2D eigenvalue weighted by atomic mass is 10.1. The van der Waals surface area contributed by atoms with Crippen molar-refractivity contribution < 1.29 is 9.53 Å². The molecule has 2 heterocycles. The summed E-state index contributed by atoms with van der Waals surface area (Å²) in [6.45, 7) is 6.32. The number of hydrogen-bond acceptors (Lipinski definition) is 4. The summed E-state index contributed by atoms with van der Waals surface area (Å²) in [6.07, 6.45) is 1.08. The van der Waals surface area contributed by atoms with Crippen LogP contribution in [0.4, 0.5) is 5.69 Å². The lowest BCUT2D eigenvalue weighted by molar-refractivity contribution is -0.127. The number of aliphatic imine (C=N–C) groups is 1. The van der Waals surface area contributed by atoms with E-state index in [2.05, 4.69) is 44.4 Å². The molecule has 7 nitrogen and oxygen atoms in total. The number of benzene rings is 1. The van der Waals surface area contributed by atoms with Crippen molar-refractivity contribution in [3.05, 3.63) is 30.3 Å². The maximum atomic E-state index is 12.0. The molecular formula is C20H32IN5O2. The third kappa shape index (κ3) is 6.51. The average molecular weight is 501 g/mol. The highest BCUT2D eigenvalue weighted by molar-refractivity contribution is 14.0. The molecule has 3 rings (SSSR count). The summed E-state index contributed by atoms with van der Waals surface area (Å²) in [5.74, 6) is 1.37. The molecule has 1 aromatic rings. The zero-order chi connectivity index (χ0) is 19.1. The molecule has 1 aromatic carbocycles. The molecule has 28 heavy (non-hydrogen) atoms. The van der Waals surface area contributed by atoms with Crippen LogP contribution in [0, 0.1) is 5.92 Å². The highest BCUT2D eigenvalue weighted by Crippen LogP contribution is 2.16. The molecule has 156 valence electrons. The SMILES string of the molecule is CN(C)C(=O)CN=C(NCC1CCOC1)N1CCN(c2ccccc2)CC1.I. The van der Waals surface area contributed by atoms with Gasteiger partial charge in [0.2, 0.25) is 5.91 Å². The fourth-order valence-electron chi connectivity index (χ4n) is 3.35. The number of piperazine rings is 1. The molecule has 0 radical (unpaired) electrons. The van der Waals surface area contributed by atoms with Crippen LogP contribution in [0.15, 0.2) is 35.3 Å². The van der Waals surface area contributed by atoms with Crippen LogP contribution in [-0.2, 0) is 9.53 Å². The first kappa shape index (κ1) is 22.7. The minimum absolute atomic E-state index is 0. The van der Waals surface area contributed by atoms with E-state index in [-0.39, 0.29) is 36.4 Å². The molecule has 2 aliphatic rings. The number of hydrogen-bond donors (Lipinski definition) is 1. The summed E-state index contributed by atoms with van der Waals surface area (Å²) in [4.78, 5) is 22.8. The molecule has 1 atom stereocenters. The zero-order valence-corrected chi connectivity index (χ0v) is 19.2. The van der Waals surface area contributed by atoms with Crippen LogP contribution in [0.2, 0.25) is 0 Å². The summed E-state index contributed by atoms with van der Waals surface area (Å²) in [5.41, 5.74) is 1.26. The molecule has 8 heteroatoms. The predicted molar refractivity (Wildman–Crippen MR) is 124 cm³/mol. The largest absolute Gasteiger partial charge is 0.381 e. The van der Waals surface area contributed by atoms with Crippen molar-refractivity contribution in [3.63, 3.8) is 0 Å². The Balaban J connectivity index is 0.00000280. The van der Waals surface area contributed by atoms with Crippen LogP contribution in [0.5, 0.6) is 0 Å². The van der Waals surface area contributed by atoms with Crippen LogP contribution in [0.3, 0.4) is 0 Å². The van der Waals surface area contributed by atoms with Crippen molar-refractivity contribution in [2.45, 2.75) is 6.42 Å². The van der Waals surface area contributed by atoms with Crippen molar-refractivity contribution in [3.8, 4) is 0 Å². The van der Waals surface area contributed by atoms with Gasteiger partial charge in [0.05, 0.1) is 6.61 Å². The summed E-state index contributed by atoms with van der Waals surface area (Å²) >= 11 is 0. The molecule has 1 N–H and O–H groups in total. The number of rotatable bonds is 5. The van der Waals surface area contributed by atoms with Gasteiger partial charge in [0.25, 0.3) is 0 Å². The lowest BCUT2D eigenvalue weighted by Gasteiger charge is -2.38. The third-order valence-corrected chi connectivity index (χ3v) is 5.14. The normalized spacial score (nSPS) is 19.9. The molecule has 0 aliphatic carbocycles. The van der Waals surface area contributed by atoms with E-state index in [9.17, 15) is 4.79 Å². The van der Waals surface area contributed by atoms with Crippen LogP contribution >= 0.6 is 24.0 Å². The predicted octanol–water partition coefficient (Wildman–Crippen LogP) is 1.50. The standard InChI is InChI=1S/C20H31N5O2.HI/c1-23(2)19(26)15-22-20(21-14-17-8-13-27-16-17)25-11-9-24(10-12-25)18-6-4-3-5-7-18;/h3-7,17H,8-16H2,1-2H3,(H,21,22);1H. The highest BCUT2D eigenvalue weighted by Gasteiger charge is 2.22. The summed E-state index contributed by atoms with van der Waals surface area (Å²) < 4.78 is 5.47. The molecule has 0 aromatic heterocycles. The van der Waals surface area contributed by atoms with Gasteiger partial charge in [-0.3, -0.25) is 4.79 Å². The number of guanidine groups is 1. The van der Waals surface area contributed by atoms with Gasteiger partial charge in [-0.05, 0) is 18.6 Å². The first-order valence-electron chi connectivity index (χ1n) is 9.74. The summed E-state index contributed by atoms with van der Waals surface area (Å²) in [6, 6.07) is 10.5. The van der Waals surface area contributed by atoms with E-state index in [1.165, 1.54) is 5.69 Å². The van der Waals surface area contributed by atoms with E-state index in [0.29, 0.717) is 5.92 Å². The Morgan fingerprint density at radius 2 is 1.93 bits per heavy atom. The number of carbonyl (C=O) groups excluding carboxylic acids is 1. The molecule has 0 spiro atoms. The number of para-hydroxylation sites is 1. The van der Waals surface area contributed by atoms with Crippen LogP contribution in [-0.4, -0.2) is 88.2 Å². The van der Waals surface area contributed by atoms with E-state index in [0.717, 1.165) is 58.3 Å². The molecule has 0 bridgehead atoms. The summed E-state index contributed by atoms with van der Waals surface area (Å²) in [5, 5.41) is 3.49. The minimum atomic E-state index is 0. The van der Waals surface area contributed by atoms with E-state index < -0.39 is 0 Å². The van der Waals surface area contributed by atoms with Gasteiger partial charge in [-0.25, -0.2) is 4.99 Å². The number of nitrogens with zero attached hydrogens (tertiary/aromatic N) is 4. The van der Waals surface area contributed by atoms with Gasteiger partial charge in [0.15, 0.2) is 5.96 Å². The van der Waals surface area contributed by atoms with Gasteiger partial charge in [-0.2, -0.15) is 0 Å². The van der Waals surface area contributed by atoms with Crippen LogP contribution < -0.4 is 10.2 Å². The van der Waals surface area contributed by atoms with E-state index >= 15 is 0 Å². The average Bonchev–Trinajstić information content (AvgIpc) is 3.22. The number of carbonyl (C=O) groups is 1. The Morgan fingerprint density at radius 3 is 2.54 bits per heavy atom. The third-order valence-electron chi connectivity index (χ3n) is 5.14. The second-order valence-electron chi connectivity index (χ2n) is 7.35. The van der Waals surface area contributed by atoms with Gasteiger partial charge in [-0.15, -0.1) is 24.0 Å². The Bertz CT molecular complexity index is 627. The molecule has 2 saturated heterocycles. The topological polar surface area (TPSA) is 60.4 Å². The first-order valence-corrected chi connectivity index (χ1v) is 9.74. The smallest absolute Gasteiger partial charge is 0.243 e. The second kappa shape index (κ2) is 11.5. The van der Waals surface area contributed by atoms with E-state index in [1.54, 1.807) is 19.0 Å². The zero-order valence-electron chi connectivity index (χ0n) is 16.8.